The Bertz CT molecular complexity index is 742. The van der Waals surface area contributed by atoms with Crippen LogP contribution in [0.2, 0.25) is 0 Å². The summed E-state index contributed by atoms with van der Waals surface area (Å²) in [6, 6.07) is 6.22. The number of hydrogen-bond acceptors (Lipinski definition) is 5. The molecule has 21 heavy (non-hydrogen) atoms. The number of carboxylic acids is 1. The number of H-pyrrole nitrogens is 1. The number of aromatic amines is 1. The maximum atomic E-state index is 12.0. The minimum Gasteiger partial charge on any atom is -0.480 e. The minimum atomic E-state index is -0.977. The zero-order valence-electron chi connectivity index (χ0n) is 11.2. The second kappa shape index (κ2) is 5.27. The summed E-state index contributed by atoms with van der Waals surface area (Å²) in [6.07, 6.45) is -0.481. The van der Waals surface area contributed by atoms with Gasteiger partial charge in [0.25, 0.3) is 5.56 Å². The number of nitrogens with one attached hydrogen (secondary N) is 1. The highest BCUT2D eigenvalue weighted by Crippen LogP contribution is 2.20. The predicted octanol–water partition coefficient (Wildman–Crippen LogP) is -0.0571. The van der Waals surface area contributed by atoms with Crippen molar-refractivity contribution in [3.63, 3.8) is 0 Å². The van der Waals surface area contributed by atoms with Crippen molar-refractivity contribution in [3.8, 4) is 0 Å². The predicted molar refractivity (Wildman–Crippen MR) is 74.8 cm³/mol. The van der Waals surface area contributed by atoms with Crippen LogP contribution >= 0.6 is 0 Å². The number of aliphatic hydroxyl groups excluding tert-OH is 1. The van der Waals surface area contributed by atoms with Crippen LogP contribution in [-0.4, -0.2) is 49.7 Å². The van der Waals surface area contributed by atoms with Gasteiger partial charge in [-0.25, -0.2) is 4.98 Å². The number of likely N-dealkylation sites (tertiary alicyclic amines) is 1. The maximum Gasteiger partial charge on any atom is 0.321 e. The first-order valence-electron chi connectivity index (χ1n) is 6.67. The van der Waals surface area contributed by atoms with Crippen LogP contribution < -0.4 is 5.56 Å². The molecule has 7 heteroatoms. The molecule has 1 aliphatic rings. The van der Waals surface area contributed by atoms with Crippen molar-refractivity contribution < 1.29 is 15.0 Å². The van der Waals surface area contributed by atoms with E-state index in [1.54, 1.807) is 29.2 Å². The lowest BCUT2D eigenvalue weighted by Crippen LogP contribution is -2.36. The van der Waals surface area contributed by atoms with Crippen LogP contribution in [-0.2, 0) is 11.3 Å². The number of fused-ring (bicyclic) bond motifs is 1. The van der Waals surface area contributed by atoms with Crippen LogP contribution in [0.1, 0.15) is 12.2 Å². The van der Waals surface area contributed by atoms with Crippen molar-refractivity contribution in [2.45, 2.75) is 25.1 Å². The first kappa shape index (κ1) is 13.7. The second-order valence-electron chi connectivity index (χ2n) is 5.20. The zero-order chi connectivity index (χ0) is 15.0. The van der Waals surface area contributed by atoms with E-state index in [4.69, 9.17) is 5.11 Å². The standard InChI is InChI=1S/C14H15N3O4/c18-8-5-11(14(20)21)17(6-8)7-12-15-10-4-2-1-3-9(10)13(19)16-12/h1-4,8,11,18H,5-7H2,(H,20,21)(H,15,16,19). The highest BCUT2D eigenvalue weighted by Gasteiger charge is 2.36. The lowest BCUT2D eigenvalue weighted by atomic mass is 10.2. The summed E-state index contributed by atoms with van der Waals surface area (Å²) in [5, 5.41) is 19.3. The Hall–Kier alpha value is -2.25. The molecule has 1 aromatic carbocycles. The highest BCUT2D eigenvalue weighted by molar-refractivity contribution is 5.77. The van der Waals surface area contributed by atoms with Gasteiger partial charge in [0.15, 0.2) is 0 Å². The smallest absolute Gasteiger partial charge is 0.321 e. The quantitative estimate of drug-likeness (QED) is 0.731. The second-order valence-corrected chi connectivity index (χ2v) is 5.20. The van der Waals surface area contributed by atoms with Crippen molar-refractivity contribution >= 4 is 16.9 Å². The first-order valence-corrected chi connectivity index (χ1v) is 6.67. The van der Waals surface area contributed by atoms with Gasteiger partial charge in [-0.05, 0) is 12.1 Å². The molecule has 0 spiro atoms. The van der Waals surface area contributed by atoms with Gasteiger partial charge in [-0.2, -0.15) is 0 Å². The number of aromatic nitrogens is 2. The number of aliphatic carboxylic acids is 1. The van der Waals surface area contributed by atoms with E-state index in [-0.39, 0.29) is 25.1 Å². The molecular weight excluding hydrogens is 274 g/mol. The molecule has 0 amide bonds. The first-order chi connectivity index (χ1) is 10.0. The number of carboxylic acid groups (broad SMARTS) is 1. The molecule has 0 aliphatic carbocycles. The van der Waals surface area contributed by atoms with Gasteiger partial charge < -0.3 is 15.2 Å². The summed E-state index contributed by atoms with van der Waals surface area (Å²) >= 11 is 0. The molecule has 3 N–H and O–H groups in total. The maximum absolute atomic E-state index is 12.0. The van der Waals surface area contributed by atoms with Crippen LogP contribution in [0, 0.1) is 0 Å². The largest absolute Gasteiger partial charge is 0.480 e. The summed E-state index contributed by atoms with van der Waals surface area (Å²) in [5.74, 6) is -0.575. The number of rotatable bonds is 3. The molecule has 1 fully saturated rings. The molecule has 7 nitrogen and oxygen atoms in total. The topological polar surface area (TPSA) is 107 Å². The number of para-hydroxylation sites is 1. The Labute approximate surface area is 119 Å². The fraction of sp³-hybridized carbons (Fsp3) is 0.357. The Morgan fingerprint density at radius 1 is 1.43 bits per heavy atom. The number of nitrogens with zero attached hydrogens (tertiary/aromatic N) is 2. The average Bonchev–Trinajstić information content (AvgIpc) is 2.80. The summed E-state index contributed by atoms with van der Waals surface area (Å²) in [7, 11) is 0. The van der Waals surface area contributed by atoms with Crippen molar-refractivity contribution in [2.75, 3.05) is 6.54 Å². The molecule has 1 aromatic heterocycles. The fourth-order valence-electron chi connectivity index (χ4n) is 2.71. The lowest BCUT2D eigenvalue weighted by Gasteiger charge is -2.19. The molecule has 2 atom stereocenters. The number of hydrogen-bond donors (Lipinski definition) is 3. The van der Waals surface area contributed by atoms with Crippen LogP contribution in [0.25, 0.3) is 10.9 Å². The van der Waals surface area contributed by atoms with Gasteiger partial charge in [-0.15, -0.1) is 0 Å². The van der Waals surface area contributed by atoms with Gasteiger partial charge in [0.2, 0.25) is 0 Å². The van der Waals surface area contributed by atoms with Crippen LogP contribution in [0.15, 0.2) is 29.1 Å². The number of carbonyl (C=O) groups is 1. The third kappa shape index (κ3) is 2.65. The van der Waals surface area contributed by atoms with E-state index in [1.807, 2.05) is 0 Å². The van der Waals surface area contributed by atoms with Crippen LogP contribution in [0.5, 0.6) is 0 Å². The monoisotopic (exact) mass is 289 g/mol. The SMILES string of the molecule is O=C(O)C1CC(O)CN1Cc1nc2ccccc2c(=O)[nH]1. The average molecular weight is 289 g/mol. The summed E-state index contributed by atoms with van der Waals surface area (Å²) in [4.78, 5) is 31.8. The summed E-state index contributed by atoms with van der Waals surface area (Å²) < 4.78 is 0. The molecule has 110 valence electrons. The normalized spacial score (nSPS) is 22.7. The van der Waals surface area contributed by atoms with Gasteiger partial charge in [0.05, 0.1) is 23.6 Å². The van der Waals surface area contributed by atoms with Gasteiger partial charge in [0, 0.05) is 13.0 Å². The Morgan fingerprint density at radius 2 is 2.19 bits per heavy atom. The Balaban J connectivity index is 1.91. The lowest BCUT2D eigenvalue weighted by molar-refractivity contribution is -0.142. The van der Waals surface area contributed by atoms with Gasteiger partial charge in [-0.1, -0.05) is 12.1 Å². The molecule has 3 rings (SSSR count). The molecule has 1 saturated heterocycles. The highest BCUT2D eigenvalue weighted by atomic mass is 16.4. The van der Waals surface area contributed by atoms with E-state index >= 15 is 0 Å². The molecular formula is C14H15N3O4. The summed E-state index contributed by atoms with van der Waals surface area (Å²) in [6.45, 7) is 0.446. The van der Waals surface area contributed by atoms with E-state index < -0.39 is 18.1 Å². The van der Waals surface area contributed by atoms with E-state index in [1.165, 1.54) is 0 Å². The molecule has 2 aromatic rings. The van der Waals surface area contributed by atoms with Crippen molar-refractivity contribution in [2.24, 2.45) is 0 Å². The number of β-amino-alcohol motifs (C(OH)–C–C–N with tert-alkyl or cyclic N) is 1. The minimum absolute atomic E-state index is 0.188. The van der Waals surface area contributed by atoms with Crippen molar-refractivity contribution in [1.82, 2.24) is 14.9 Å². The van der Waals surface area contributed by atoms with E-state index in [0.717, 1.165) is 0 Å². The number of aliphatic hydroxyl groups is 1. The van der Waals surface area contributed by atoms with Crippen LogP contribution in [0.4, 0.5) is 0 Å². The van der Waals surface area contributed by atoms with E-state index in [2.05, 4.69) is 9.97 Å². The van der Waals surface area contributed by atoms with Crippen molar-refractivity contribution in [1.29, 1.82) is 0 Å². The van der Waals surface area contributed by atoms with Crippen LogP contribution in [0.3, 0.4) is 0 Å². The zero-order valence-corrected chi connectivity index (χ0v) is 11.2. The third-order valence-corrected chi connectivity index (χ3v) is 3.68. The molecule has 2 unspecified atom stereocenters. The Morgan fingerprint density at radius 3 is 2.95 bits per heavy atom. The molecule has 2 heterocycles. The fourth-order valence-corrected chi connectivity index (χ4v) is 2.71. The number of benzene rings is 1. The van der Waals surface area contributed by atoms with E-state index in [9.17, 15) is 14.7 Å². The summed E-state index contributed by atoms with van der Waals surface area (Å²) in [5.41, 5.74) is 0.324. The molecule has 0 radical (unpaired) electrons. The van der Waals surface area contributed by atoms with Crippen molar-refractivity contribution in [3.05, 3.63) is 40.4 Å². The molecule has 0 saturated carbocycles. The third-order valence-electron chi connectivity index (χ3n) is 3.68. The van der Waals surface area contributed by atoms with E-state index in [0.29, 0.717) is 16.7 Å². The van der Waals surface area contributed by atoms with Gasteiger partial charge >= 0.3 is 5.97 Å². The molecule has 1 aliphatic heterocycles. The molecule has 0 bridgehead atoms. The van der Waals surface area contributed by atoms with Gasteiger partial charge in [-0.3, -0.25) is 14.5 Å². The van der Waals surface area contributed by atoms with Gasteiger partial charge in [0.1, 0.15) is 11.9 Å². The Kier molecular flexibility index (Phi) is 3.44.